The number of nitriles is 1. The first kappa shape index (κ1) is 20.9. The molecule has 0 unspecified atom stereocenters. The third-order valence-electron chi connectivity index (χ3n) is 4.83. The number of rotatable bonds is 6. The summed E-state index contributed by atoms with van der Waals surface area (Å²) in [5, 5.41) is 12.3. The highest BCUT2D eigenvalue weighted by Crippen LogP contribution is 2.23. The van der Waals surface area contributed by atoms with Crippen molar-refractivity contribution in [2.75, 3.05) is 7.11 Å². The third kappa shape index (κ3) is 4.58. The number of nitrogens with zero attached hydrogens (tertiary/aromatic N) is 2. The fourth-order valence-corrected chi connectivity index (χ4v) is 3.25. The van der Waals surface area contributed by atoms with Crippen LogP contribution in [0.25, 0.3) is 11.8 Å². The van der Waals surface area contributed by atoms with Gasteiger partial charge in [-0.3, -0.25) is 4.79 Å². The Morgan fingerprint density at radius 3 is 2.43 bits per heavy atom. The van der Waals surface area contributed by atoms with Gasteiger partial charge in [-0.05, 0) is 73.5 Å². The lowest BCUT2D eigenvalue weighted by Gasteiger charge is -2.09. The van der Waals surface area contributed by atoms with Crippen molar-refractivity contribution >= 4 is 12.0 Å². The molecule has 3 aromatic rings. The van der Waals surface area contributed by atoms with Crippen molar-refractivity contribution in [2.45, 2.75) is 20.4 Å². The van der Waals surface area contributed by atoms with Crippen molar-refractivity contribution in [3.05, 3.63) is 88.5 Å². The zero-order valence-electron chi connectivity index (χ0n) is 17.1. The maximum Gasteiger partial charge on any atom is 0.262 e. The van der Waals surface area contributed by atoms with E-state index in [9.17, 15) is 14.4 Å². The molecule has 6 heteroatoms. The zero-order chi connectivity index (χ0) is 21.7. The van der Waals surface area contributed by atoms with Crippen molar-refractivity contribution in [1.82, 2.24) is 9.88 Å². The number of nitrogens with one attached hydrogen (secondary N) is 1. The lowest BCUT2D eigenvalue weighted by atomic mass is 10.1. The van der Waals surface area contributed by atoms with E-state index in [-0.39, 0.29) is 11.4 Å². The minimum absolute atomic E-state index is 0.0165. The molecule has 1 aromatic heterocycles. The summed E-state index contributed by atoms with van der Waals surface area (Å²) in [6.07, 6.45) is 1.58. The second-order valence-corrected chi connectivity index (χ2v) is 6.84. The Labute approximate surface area is 175 Å². The van der Waals surface area contributed by atoms with E-state index in [0.29, 0.717) is 6.54 Å². The van der Waals surface area contributed by atoms with Gasteiger partial charge in [-0.25, -0.2) is 4.39 Å². The van der Waals surface area contributed by atoms with Gasteiger partial charge < -0.3 is 14.6 Å². The molecule has 0 bridgehead atoms. The van der Waals surface area contributed by atoms with Crippen LogP contribution < -0.4 is 10.1 Å². The van der Waals surface area contributed by atoms with E-state index in [4.69, 9.17) is 4.74 Å². The van der Waals surface area contributed by atoms with Crippen LogP contribution in [0.3, 0.4) is 0 Å². The highest BCUT2D eigenvalue weighted by atomic mass is 19.1. The number of ether oxygens (including phenoxy) is 1. The quantitative estimate of drug-likeness (QED) is 0.488. The van der Waals surface area contributed by atoms with Crippen molar-refractivity contribution < 1.29 is 13.9 Å². The van der Waals surface area contributed by atoms with E-state index in [1.54, 1.807) is 25.3 Å². The summed E-state index contributed by atoms with van der Waals surface area (Å²) < 4.78 is 20.3. The Morgan fingerprint density at radius 2 is 1.83 bits per heavy atom. The summed E-state index contributed by atoms with van der Waals surface area (Å²) >= 11 is 0. The van der Waals surface area contributed by atoms with Crippen LogP contribution in [0.1, 0.15) is 22.5 Å². The molecule has 0 spiro atoms. The van der Waals surface area contributed by atoms with Gasteiger partial charge in [0.25, 0.3) is 5.91 Å². The molecular formula is C24H22FN3O2. The van der Waals surface area contributed by atoms with Gasteiger partial charge in [-0.2, -0.15) is 5.26 Å². The summed E-state index contributed by atoms with van der Waals surface area (Å²) in [6, 6.07) is 17.4. The first-order valence-electron chi connectivity index (χ1n) is 9.40. The van der Waals surface area contributed by atoms with E-state index < -0.39 is 5.91 Å². The van der Waals surface area contributed by atoms with Crippen molar-refractivity contribution in [2.24, 2.45) is 0 Å². The number of amides is 1. The van der Waals surface area contributed by atoms with Gasteiger partial charge in [0.15, 0.2) is 0 Å². The number of hydrogen-bond donors (Lipinski definition) is 1. The molecule has 2 aromatic carbocycles. The topological polar surface area (TPSA) is 67.0 Å². The Hall–Kier alpha value is -3.85. The molecule has 3 rings (SSSR count). The summed E-state index contributed by atoms with van der Waals surface area (Å²) in [5.41, 5.74) is 4.26. The van der Waals surface area contributed by atoms with Crippen LogP contribution in [0.15, 0.2) is 60.2 Å². The molecule has 0 fully saturated rings. The molecule has 0 aliphatic heterocycles. The van der Waals surface area contributed by atoms with E-state index in [1.807, 2.05) is 54.8 Å². The maximum atomic E-state index is 13.2. The van der Waals surface area contributed by atoms with Crippen LogP contribution >= 0.6 is 0 Å². The summed E-state index contributed by atoms with van der Waals surface area (Å²) in [6.45, 7) is 4.12. The van der Waals surface area contributed by atoms with Crippen LogP contribution in [-0.4, -0.2) is 17.6 Å². The Bertz CT molecular complexity index is 1120. The Balaban J connectivity index is 1.79. The smallest absolute Gasteiger partial charge is 0.262 e. The van der Waals surface area contributed by atoms with E-state index in [1.165, 1.54) is 12.1 Å². The van der Waals surface area contributed by atoms with Gasteiger partial charge >= 0.3 is 0 Å². The summed E-state index contributed by atoms with van der Waals surface area (Å²) in [4.78, 5) is 12.5. The van der Waals surface area contributed by atoms with E-state index in [0.717, 1.165) is 34.0 Å². The maximum absolute atomic E-state index is 13.2. The number of halogens is 1. The van der Waals surface area contributed by atoms with E-state index >= 15 is 0 Å². The number of aryl methyl sites for hydroxylation is 1. The first-order valence-corrected chi connectivity index (χ1v) is 9.40. The summed E-state index contributed by atoms with van der Waals surface area (Å²) in [5.74, 6) is -0.0132. The fourth-order valence-electron chi connectivity index (χ4n) is 3.25. The molecule has 0 aliphatic rings. The molecule has 152 valence electrons. The molecule has 1 N–H and O–H groups in total. The van der Waals surface area contributed by atoms with Crippen molar-refractivity contribution in [1.29, 1.82) is 5.26 Å². The predicted octanol–water partition coefficient (Wildman–Crippen LogP) is 4.47. The molecule has 1 heterocycles. The largest absolute Gasteiger partial charge is 0.497 e. The minimum Gasteiger partial charge on any atom is -0.497 e. The zero-order valence-corrected chi connectivity index (χ0v) is 17.1. The summed E-state index contributed by atoms with van der Waals surface area (Å²) in [7, 11) is 1.59. The Kier molecular flexibility index (Phi) is 6.33. The number of carbonyl (C=O) groups excluding carboxylic acids is 1. The lowest BCUT2D eigenvalue weighted by molar-refractivity contribution is -0.117. The molecule has 0 atom stereocenters. The predicted molar refractivity (Wildman–Crippen MR) is 114 cm³/mol. The van der Waals surface area contributed by atoms with Crippen LogP contribution in [0.4, 0.5) is 4.39 Å². The van der Waals surface area contributed by atoms with Crippen LogP contribution in [-0.2, 0) is 11.3 Å². The number of hydrogen-bond acceptors (Lipinski definition) is 3. The molecule has 0 aliphatic carbocycles. The second kappa shape index (κ2) is 9.10. The van der Waals surface area contributed by atoms with Gasteiger partial charge in [0.2, 0.25) is 0 Å². The second-order valence-electron chi connectivity index (χ2n) is 6.84. The molecular weight excluding hydrogens is 381 g/mol. The number of benzene rings is 2. The average molecular weight is 403 g/mol. The van der Waals surface area contributed by atoms with Crippen molar-refractivity contribution in [3.8, 4) is 17.5 Å². The SMILES string of the molecule is COc1ccc(CNC(=O)/C(C#N)=C\c2cc(C)n(-c3ccc(F)cc3)c2C)cc1. The third-order valence-corrected chi connectivity index (χ3v) is 4.83. The lowest BCUT2D eigenvalue weighted by Crippen LogP contribution is -2.23. The molecule has 0 radical (unpaired) electrons. The normalized spacial score (nSPS) is 11.1. The van der Waals surface area contributed by atoms with Gasteiger partial charge in [0.1, 0.15) is 23.2 Å². The van der Waals surface area contributed by atoms with Gasteiger partial charge in [0.05, 0.1) is 7.11 Å². The number of carbonyl (C=O) groups is 1. The number of methoxy groups -OCH3 is 1. The van der Waals surface area contributed by atoms with Gasteiger partial charge in [-0.15, -0.1) is 0 Å². The van der Waals surface area contributed by atoms with Crippen molar-refractivity contribution in [3.63, 3.8) is 0 Å². The van der Waals surface area contributed by atoms with E-state index in [2.05, 4.69) is 5.32 Å². The van der Waals surface area contributed by atoms with Crippen LogP contribution in [0.5, 0.6) is 5.75 Å². The fraction of sp³-hybridized carbons (Fsp3) is 0.167. The first-order chi connectivity index (χ1) is 14.4. The molecule has 0 saturated carbocycles. The van der Waals surface area contributed by atoms with Gasteiger partial charge in [-0.1, -0.05) is 12.1 Å². The van der Waals surface area contributed by atoms with Crippen LogP contribution in [0, 0.1) is 31.0 Å². The molecule has 0 saturated heterocycles. The number of aromatic nitrogens is 1. The highest BCUT2D eigenvalue weighted by molar-refractivity contribution is 6.01. The molecule has 1 amide bonds. The molecule has 30 heavy (non-hydrogen) atoms. The average Bonchev–Trinajstić information content (AvgIpc) is 3.04. The molecule has 5 nitrogen and oxygen atoms in total. The van der Waals surface area contributed by atoms with Crippen LogP contribution in [0.2, 0.25) is 0 Å². The standard InChI is InChI=1S/C24H22FN3O2/c1-16-12-19(17(2)28(16)22-8-6-21(25)7-9-22)13-20(14-26)24(29)27-15-18-4-10-23(30-3)11-5-18/h4-13H,15H2,1-3H3,(H,27,29)/b20-13-. The monoisotopic (exact) mass is 403 g/mol. The van der Waals surface area contributed by atoms with Gasteiger partial charge in [0, 0.05) is 23.6 Å². The Morgan fingerprint density at radius 1 is 1.17 bits per heavy atom. The highest BCUT2D eigenvalue weighted by Gasteiger charge is 2.14. The minimum atomic E-state index is -0.445.